The summed E-state index contributed by atoms with van der Waals surface area (Å²) in [7, 11) is 1.61. The van der Waals surface area contributed by atoms with Crippen molar-refractivity contribution in [3.63, 3.8) is 0 Å². The van der Waals surface area contributed by atoms with Gasteiger partial charge in [-0.1, -0.05) is 18.2 Å². The van der Waals surface area contributed by atoms with Crippen LogP contribution in [0.4, 0.5) is 5.69 Å². The zero-order chi connectivity index (χ0) is 20.4. The Hall–Kier alpha value is -3.62. The molecule has 0 saturated carbocycles. The molecule has 0 saturated heterocycles. The third-order valence-corrected chi connectivity index (χ3v) is 4.76. The predicted octanol–water partition coefficient (Wildman–Crippen LogP) is 3.00. The molecule has 0 amide bonds. The van der Waals surface area contributed by atoms with Gasteiger partial charge in [0.05, 0.1) is 42.5 Å². The van der Waals surface area contributed by atoms with Crippen LogP contribution in [0.25, 0.3) is 10.9 Å². The van der Waals surface area contributed by atoms with Gasteiger partial charge in [0.25, 0.3) is 5.56 Å². The molecule has 4 aromatic rings. The number of ether oxygens (including phenoxy) is 1. The van der Waals surface area contributed by atoms with Gasteiger partial charge in [0.2, 0.25) is 0 Å². The summed E-state index contributed by atoms with van der Waals surface area (Å²) < 4.78 is 8.65. The fourth-order valence-corrected chi connectivity index (χ4v) is 3.29. The second kappa shape index (κ2) is 7.78. The molecule has 0 atom stereocenters. The van der Waals surface area contributed by atoms with Gasteiger partial charge in [0.1, 0.15) is 5.75 Å². The minimum Gasteiger partial charge on any atom is -0.733 e. The zero-order valence-corrected chi connectivity index (χ0v) is 15.7. The van der Waals surface area contributed by atoms with Crippen LogP contribution in [-0.2, 0) is 13.1 Å². The predicted molar refractivity (Wildman–Crippen MR) is 109 cm³/mol. The topological polar surface area (TPSA) is 95.6 Å². The lowest BCUT2D eigenvalue weighted by Gasteiger charge is -2.21. The number of methoxy groups -OCH3 is 1. The summed E-state index contributed by atoms with van der Waals surface area (Å²) in [6.45, 7) is 0.717. The van der Waals surface area contributed by atoms with Crippen molar-refractivity contribution in [2.75, 3.05) is 12.3 Å². The molecule has 0 aliphatic carbocycles. The Labute approximate surface area is 166 Å². The highest BCUT2D eigenvalue weighted by molar-refractivity contribution is 5.82. The maximum atomic E-state index is 13.1. The Kier molecular flexibility index (Phi) is 5.03. The second-order valence-corrected chi connectivity index (χ2v) is 6.56. The first-order valence-electron chi connectivity index (χ1n) is 8.99. The third-order valence-electron chi connectivity index (χ3n) is 4.76. The summed E-state index contributed by atoms with van der Waals surface area (Å²) in [4.78, 5) is 17.4. The lowest BCUT2D eigenvalue weighted by Crippen LogP contribution is -2.24. The van der Waals surface area contributed by atoms with E-state index >= 15 is 0 Å². The molecule has 29 heavy (non-hydrogen) atoms. The Morgan fingerprint density at radius 3 is 2.52 bits per heavy atom. The maximum absolute atomic E-state index is 13.1. The molecule has 2 aromatic heterocycles. The van der Waals surface area contributed by atoms with E-state index in [1.54, 1.807) is 24.1 Å². The molecule has 148 valence electrons. The van der Waals surface area contributed by atoms with E-state index in [1.165, 1.54) is 12.1 Å². The molecule has 0 radical (unpaired) electrons. The molecule has 2 heterocycles. The monoisotopic (exact) mass is 391 g/mol. The molecule has 0 aliphatic rings. The van der Waals surface area contributed by atoms with Crippen LogP contribution < -0.4 is 15.5 Å². The number of rotatable bonds is 6. The molecule has 8 nitrogen and oxygen atoms in total. The first-order valence-corrected chi connectivity index (χ1v) is 8.99. The molecule has 1 N–H and O–H groups in total. The SMILES string of the molecule is COc1ccc(Cn2c3ccc(N([O-])O)cc3c(=O)n2Cc2ccccn2)cc1. The molecule has 4 rings (SSSR count). The standard InChI is InChI=1S/C21H19N4O4/c1-29-18-8-5-15(6-9-18)13-23-20-10-7-17(25(27)28)12-19(20)21(26)24(23)14-16-4-2-3-11-22-16/h2-12,27H,13-14H2,1H3/q-1. The van der Waals surface area contributed by atoms with Gasteiger partial charge in [-0.25, -0.2) is 4.68 Å². The number of hydrogen-bond donors (Lipinski definition) is 1. The lowest BCUT2D eigenvalue weighted by atomic mass is 10.2. The van der Waals surface area contributed by atoms with Crippen molar-refractivity contribution in [3.8, 4) is 5.75 Å². The number of nitrogens with zero attached hydrogens (tertiary/aromatic N) is 4. The van der Waals surface area contributed by atoms with Gasteiger partial charge < -0.3 is 15.2 Å². The average Bonchev–Trinajstić information content (AvgIpc) is 3.00. The molecule has 0 unspecified atom stereocenters. The summed E-state index contributed by atoms with van der Waals surface area (Å²) in [5.74, 6) is 0.750. The van der Waals surface area contributed by atoms with Gasteiger partial charge in [0, 0.05) is 6.20 Å². The molecule has 8 heteroatoms. The molecular formula is C21H19N4O4-. The first kappa shape index (κ1) is 18.7. The number of benzene rings is 2. The lowest BCUT2D eigenvalue weighted by molar-refractivity contribution is 0.296. The van der Waals surface area contributed by atoms with Gasteiger partial charge >= 0.3 is 0 Å². The van der Waals surface area contributed by atoms with Crippen molar-refractivity contribution >= 4 is 16.6 Å². The molecule has 0 fully saturated rings. The molecule has 0 aliphatic heterocycles. The number of anilines is 1. The van der Waals surface area contributed by atoms with Crippen molar-refractivity contribution < 1.29 is 9.94 Å². The van der Waals surface area contributed by atoms with Crippen LogP contribution in [0, 0.1) is 5.21 Å². The largest absolute Gasteiger partial charge is 0.733 e. The molecule has 0 spiro atoms. The second-order valence-electron chi connectivity index (χ2n) is 6.56. The van der Waals surface area contributed by atoms with Gasteiger partial charge in [-0.3, -0.25) is 19.7 Å². The van der Waals surface area contributed by atoms with E-state index in [0.717, 1.165) is 17.0 Å². The molecule has 2 aromatic carbocycles. The van der Waals surface area contributed by atoms with Crippen LogP contribution in [0.15, 0.2) is 71.7 Å². The fourth-order valence-electron chi connectivity index (χ4n) is 3.29. The van der Waals surface area contributed by atoms with Crippen LogP contribution in [0.3, 0.4) is 0 Å². The number of aromatic nitrogens is 3. The van der Waals surface area contributed by atoms with E-state index in [1.807, 2.05) is 47.1 Å². The number of pyridine rings is 1. The normalized spacial score (nSPS) is 11.0. The van der Waals surface area contributed by atoms with Crippen LogP contribution in [0.2, 0.25) is 0 Å². The highest BCUT2D eigenvalue weighted by atomic mass is 16.8. The van der Waals surface area contributed by atoms with Crippen molar-refractivity contribution in [1.82, 2.24) is 14.3 Å². The van der Waals surface area contributed by atoms with E-state index in [2.05, 4.69) is 4.98 Å². The van der Waals surface area contributed by atoms with Gasteiger partial charge in [-0.15, -0.1) is 0 Å². The molecular weight excluding hydrogens is 372 g/mol. The van der Waals surface area contributed by atoms with Gasteiger partial charge in [-0.2, -0.15) is 0 Å². The van der Waals surface area contributed by atoms with Gasteiger partial charge in [-0.05, 0) is 48.0 Å². The number of hydrogen-bond acceptors (Lipinski definition) is 6. The van der Waals surface area contributed by atoms with Crippen LogP contribution in [0.1, 0.15) is 11.3 Å². The highest BCUT2D eigenvalue weighted by Gasteiger charge is 2.15. The highest BCUT2D eigenvalue weighted by Crippen LogP contribution is 2.21. The summed E-state index contributed by atoms with van der Waals surface area (Å²) >= 11 is 0. The average molecular weight is 391 g/mol. The quantitative estimate of drug-likeness (QED) is 0.508. The van der Waals surface area contributed by atoms with E-state index in [9.17, 15) is 15.2 Å². The van der Waals surface area contributed by atoms with Crippen molar-refractivity contribution in [1.29, 1.82) is 0 Å². The van der Waals surface area contributed by atoms with Crippen LogP contribution in [0.5, 0.6) is 5.75 Å². The van der Waals surface area contributed by atoms with E-state index < -0.39 is 0 Å². The Morgan fingerprint density at radius 2 is 1.86 bits per heavy atom. The Bertz CT molecular complexity index is 1180. The summed E-state index contributed by atoms with van der Waals surface area (Å²) in [5.41, 5.74) is 2.12. The zero-order valence-electron chi connectivity index (χ0n) is 15.7. The van der Waals surface area contributed by atoms with Crippen molar-refractivity contribution in [2.45, 2.75) is 13.1 Å². The van der Waals surface area contributed by atoms with Gasteiger partial charge in [0.15, 0.2) is 0 Å². The third kappa shape index (κ3) is 3.71. The Morgan fingerprint density at radius 1 is 1.07 bits per heavy atom. The molecule has 0 bridgehead atoms. The first-order chi connectivity index (χ1) is 14.1. The summed E-state index contributed by atoms with van der Waals surface area (Å²) in [6, 6.07) is 17.6. The summed E-state index contributed by atoms with van der Waals surface area (Å²) in [6.07, 6.45) is 1.68. The van der Waals surface area contributed by atoms with Crippen molar-refractivity contribution in [2.24, 2.45) is 0 Å². The smallest absolute Gasteiger partial charge is 0.275 e. The van der Waals surface area contributed by atoms with Crippen LogP contribution in [-0.4, -0.2) is 26.7 Å². The Balaban J connectivity index is 1.84. The van der Waals surface area contributed by atoms with E-state index in [4.69, 9.17) is 4.74 Å². The maximum Gasteiger partial charge on any atom is 0.275 e. The summed E-state index contributed by atoms with van der Waals surface area (Å²) in [5, 5.41) is 20.6. The van der Waals surface area contributed by atoms with Crippen LogP contribution >= 0.6 is 0 Å². The minimum absolute atomic E-state index is 0.00110. The number of fused-ring (bicyclic) bond motifs is 1. The van der Waals surface area contributed by atoms with Crippen molar-refractivity contribution in [3.05, 3.63) is 93.7 Å². The minimum atomic E-state index is -0.261. The van der Waals surface area contributed by atoms with E-state index in [0.29, 0.717) is 17.4 Å². The fraction of sp³-hybridized carbons (Fsp3) is 0.143. The van der Waals surface area contributed by atoms with E-state index in [-0.39, 0.29) is 23.0 Å².